The van der Waals surface area contributed by atoms with Crippen molar-refractivity contribution in [1.82, 2.24) is 10.2 Å². The number of rotatable bonds is 7. The van der Waals surface area contributed by atoms with Crippen molar-refractivity contribution in [2.24, 2.45) is 0 Å². The second-order valence-electron chi connectivity index (χ2n) is 6.12. The molecule has 0 spiro atoms. The third-order valence-electron chi connectivity index (χ3n) is 4.37. The summed E-state index contributed by atoms with van der Waals surface area (Å²) < 4.78 is 5.98. The molecule has 2 aliphatic rings. The van der Waals surface area contributed by atoms with Crippen molar-refractivity contribution >= 4 is 0 Å². The lowest BCUT2D eigenvalue weighted by Crippen LogP contribution is -2.37. The summed E-state index contributed by atoms with van der Waals surface area (Å²) in [5.41, 5.74) is 2.69. The molecular weight excluding hydrogens is 248 g/mol. The second kappa shape index (κ2) is 6.15. The highest BCUT2D eigenvalue weighted by Gasteiger charge is 2.27. The van der Waals surface area contributed by atoms with Crippen LogP contribution < -0.4 is 10.1 Å². The van der Waals surface area contributed by atoms with E-state index in [0.717, 1.165) is 31.3 Å². The molecule has 0 bridgehead atoms. The van der Waals surface area contributed by atoms with Gasteiger partial charge in [-0.05, 0) is 37.9 Å². The molecule has 1 saturated carbocycles. The Morgan fingerprint density at radius 2 is 2.20 bits per heavy atom. The summed E-state index contributed by atoms with van der Waals surface area (Å²) in [4.78, 5) is 2.58. The van der Waals surface area contributed by atoms with Gasteiger partial charge in [0, 0.05) is 32.1 Å². The molecule has 1 heterocycles. The van der Waals surface area contributed by atoms with Crippen molar-refractivity contribution in [1.29, 1.82) is 0 Å². The molecule has 1 aromatic rings. The fourth-order valence-corrected chi connectivity index (χ4v) is 3.09. The molecule has 1 fully saturated rings. The fraction of sp³-hybridized carbons (Fsp3) is 0.647. The first kappa shape index (κ1) is 13.9. The monoisotopic (exact) mass is 274 g/mol. The average Bonchev–Trinajstić information content (AvgIpc) is 3.19. The van der Waals surface area contributed by atoms with Crippen LogP contribution in [0, 0.1) is 6.92 Å². The average molecular weight is 274 g/mol. The molecule has 3 rings (SSSR count). The second-order valence-corrected chi connectivity index (χ2v) is 6.12. The number of ether oxygens (including phenoxy) is 1. The Morgan fingerprint density at radius 3 is 2.95 bits per heavy atom. The first-order valence-corrected chi connectivity index (χ1v) is 7.97. The van der Waals surface area contributed by atoms with Crippen molar-refractivity contribution in [2.45, 2.75) is 45.3 Å². The Bertz CT molecular complexity index is 456. The maximum absolute atomic E-state index is 5.98. The number of hydrogen-bond donors (Lipinski definition) is 1. The van der Waals surface area contributed by atoms with Crippen LogP contribution in [-0.2, 0) is 6.42 Å². The van der Waals surface area contributed by atoms with Crippen LogP contribution in [0.1, 0.15) is 30.9 Å². The normalized spacial score (nSPS) is 21.1. The van der Waals surface area contributed by atoms with E-state index in [4.69, 9.17) is 4.74 Å². The fourth-order valence-electron chi connectivity index (χ4n) is 3.09. The largest absolute Gasteiger partial charge is 0.488 e. The first-order chi connectivity index (χ1) is 9.76. The van der Waals surface area contributed by atoms with Gasteiger partial charge in [0.1, 0.15) is 11.9 Å². The van der Waals surface area contributed by atoms with Gasteiger partial charge in [-0.3, -0.25) is 4.90 Å². The van der Waals surface area contributed by atoms with E-state index in [2.05, 4.69) is 42.3 Å². The third-order valence-corrected chi connectivity index (χ3v) is 4.37. The van der Waals surface area contributed by atoms with Gasteiger partial charge in [0.2, 0.25) is 0 Å². The number of fused-ring (bicyclic) bond motifs is 1. The molecule has 1 aromatic carbocycles. The molecule has 3 nitrogen and oxygen atoms in total. The van der Waals surface area contributed by atoms with Gasteiger partial charge in [0.25, 0.3) is 0 Å². The van der Waals surface area contributed by atoms with Gasteiger partial charge in [0.15, 0.2) is 0 Å². The van der Waals surface area contributed by atoms with Gasteiger partial charge < -0.3 is 10.1 Å². The van der Waals surface area contributed by atoms with E-state index in [1.54, 1.807) is 0 Å². The number of nitrogens with zero attached hydrogens (tertiary/aromatic N) is 1. The van der Waals surface area contributed by atoms with Crippen molar-refractivity contribution < 1.29 is 4.74 Å². The zero-order valence-electron chi connectivity index (χ0n) is 12.7. The molecule has 0 radical (unpaired) electrons. The minimum atomic E-state index is 0.308. The van der Waals surface area contributed by atoms with Crippen LogP contribution in [0.3, 0.4) is 0 Å². The lowest BCUT2D eigenvalue weighted by molar-refractivity contribution is 0.220. The molecule has 110 valence electrons. The number of hydrogen-bond acceptors (Lipinski definition) is 3. The number of nitrogens with one attached hydrogen (secondary N) is 1. The Hall–Kier alpha value is -1.06. The minimum Gasteiger partial charge on any atom is -0.488 e. The van der Waals surface area contributed by atoms with E-state index < -0.39 is 0 Å². The molecule has 20 heavy (non-hydrogen) atoms. The number of benzene rings is 1. The van der Waals surface area contributed by atoms with E-state index in [1.807, 2.05) is 0 Å². The summed E-state index contributed by atoms with van der Waals surface area (Å²) in [6, 6.07) is 7.36. The molecule has 1 aliphatic heterocycles. The zero-order chi connectivity index (χ0) is 13.9. The maximum atomic E-state index is 5.98. The Morgan fingerprint density at radius 1 is 1.35 bits per heavy atom. The lowest BCUT2D eigenvalue weighted by Gasteiger charge is -2.20. The highest BCUT2D eigenvalue weighted by Crippen LogP contribution is 2.29. The summed E-state index contributed by atoms with van der Waals surface area (Å²) in [6.07, 6.45) is 4.15. The van der Waals surface area contributed by atoms with Crippen molar-refractivity contribution in [3.05, 3.63) is 29.3 Å². The van der Waals surface area contributed by atoms with E-state index in [0.29, 0.717) is 6.10 Å². The zero-order valence-corrected chi connectivity index (χ0v) is 12.7. The number of likely N-dealkylation sites (N-methyl/N-ethyl adjacent to an activating group) is 1. The summed E-state index contributed by atoms with van der Waals surface area (Å²) in [5, 5.41) is 3.56. The highest BCUT2D eigenvalue weighted by atomic mass is 16.5. The standard InChI is InChI=1S/C17H26N2O/c1-3-19(15-5-6-15)9-8-18-12-16-11-14-10-13(2)4-7-17(14)20-16/h4,7,10,15-16,18H,3,5-6,8-9,11-12H2,1-2H3. The van der Waals surface area contributed by atoms with Crippen LogP contribution >= 0.6 is 0 Å². The van der Waals surface area contributed by atoms with Crippen LogP contribution in [0.4, 0.5) is 0 Å². The van der Waals surface area contributed by atoms with Gasteiger partial charge in [-0.25, -0.2) is 0 Å². The Labute approximate surface area is 122 Å². The maximum Gasteiger partial charge on any atom is 0.123 e. The van der Waals surface area contributed by atoms with Gasteiger partial charge >= 0.3 is 0 Å². The molecule has 1 N–H and O–H groups in total. The molecular formula is C17H26N2O. The molecule has 0 amide bonds. The molecule has 0 aromatic heterocycles. The Balaban J connectivity index is 1.38. The van der Waals surface area contributed by atoms with Gasteiger partial charge in [0.05, 0.1) is 0 Å². The highest BCUT2D eigenvalue weighted by molar-refractivity contribution is 5.40. The van der Waals surface area contributed by atoms with Gasteiger partial charge in [-0.1, -0.05) is 24.6 Å². The topological polar surface area (TPSA) is 24.5 Å². The summed E-state index contributed by atoms with van der Waals surface area (Å²) in [7, 11) is 0. The predicted molar refractivity (Wildman–Crippen MR) is 82.4 cm³/mol. The predicted octanol–water partition coefficient (Wildman–Crippen LogP) is 2.37. The third kappa shape index (κ3) is 3.33. The quantitative estimate of drug-likeness (QED) is 0.773. The smallest absolute Gasteiger partial charge is 0.123 e. The molecule has 3 heteroatoms. The van der Waals surface area contributed by atoms with E-state index in [-0.39, 0.29) is 0 Å². The lowest BCUT2D eigenvalue weighted by atomic mass is 10.1. The van der Waals surface area contributed by atoms with Gasteiger partial charge in [-0.15, -0.1) is 0 Å². The summed E-state index contributed by atoms with van der Waals surface area (Å²) in [6.45, 7) is 8.77. The van der Waals surface area contributed by atoms with Crippen molar-refractivity contribution in [2.75, 3.05) is 26.2 Å². The van der Waals surface area contributed by atoms with E-state index in [1.165, 1.54) is 37.1 Å². The molecule has 0 saturated heterocycles. The van der Waals surface area contributed by atoms with E-state index in [9.17, 15) is 0 Å². The van der Waals surface area contributed by atoms with Crippen molar-refractivity contribution in [3.63, 3.8) is 0 Å². The van der Waals surface area contributed by atoms with Crippen LogP contribution in [0.5, 0.6) is 5.75 Å². The minimum absolute atomic E-state index is 0.308. The van der Waals surface area contributed by atoms with Crippen molar-refractivity contribution in [3.8, 4) is 5.75 Å². The molecule has 1 aliphatic carbocycles. The number of aryl methyl sites for hydroxylation is 1. The Kier molecular flexibility index (Phi) is 4.27. The summed E-state index contributed by atoms with van der Waals surface area (Å²) in [5.74, 6) is 1.08. The van der Waals surface area contributed by atoms with Crippen LogP contribution in [0.15, 0.2) is 18.2 Å². The SMILES string of the molecule is CCN(CCNCC1Cc2cc(C)ccc2O1)C1CC1. The van der Waals surface area contributed by atoms with Crippen LogP contribution in [0.25, 0.3) is 0 Å². The molecule has 1 atom stereocenters. The summed E-state index contributed by atoms with van der Waals surface area (Å²) >= 11 is 0. The van der Waals surface area contributed by atoms with Gasteiger partial charge in [-0.2, -0.15) is 0 Å². The van der Waals surface area contributed by atoms with Crippen LogP contribution in [-0.4, -0.2) is 43.2 Å². The first-order valence-electron chi connectivity index (χ1n) is 7.97. The van der Waals surface area contributed by atoms with Crippen LogP contribution in [0.2, 0.25) is 0 Å². The van der Waals surface area contributed by atoms with E-state index >= 15 is 0 Å². The molecule has 1 unspecified atom stereocenters.